The van der Waals surface area contributed by atoms with Crippen molar-refractivity contribution < 1.29 is 4.79 Å². The van der Waals surface area contributed by atoms with Crippen LogP contribution in [0.5, 0.6) is 0 Å². The summed E-state index contributed by atoms with van der Waals surface area (Å²) >= 11 is 11.8. The lowest BCUT2D eigenvalue weighted by atomic mass is 10.1. The number of hydrogen-bond acceptors (Lipinski definition) is 3. The normalized spacial score (nSPS) is 10.3. The lowest BCUT2D eigenvalue weighted by Gasteiger charge is -2.17. The number of aromatic nitrogens is 1. The Balaban J connectivity index is 2.27. The second kappa shape index (κ2) is 6.33. The molecule has 4 nitrogen and oxygen atoms in total. The molecule has 0 saturated carbocycles. The van der Waals surface area contributed by atoms with Gasteiger partial charge >= 0.3 is 0 Å². The molecule has 0 bridgehead atoms. The van der Waals surface area contributed by atoms with Crippen LogP contribution in [-0.2, 0) is 0 Å². The van der Waals surface area contributed by atoms with Crippen molar-refractivity contribution in [2.24, 2.45) is 0 Å². The van der Waals surface area contributed by atoms with E-state index in [1.54, 1.807) is 0 Å². The summed E-state index contributed by atoms with van der Waals surface area (Å²) in [6, 6.07) is 7.15. The Bertz CT molecular complexity index is 687. The lowest BCUT2D eigenvalue weighted by molar-refractivity contribution is 0.102. The zero-order valence-electron chi connectivity index (χ0n) is 11.9. The molecule has 1 N–H and O–H groups in total. The van der Waals surface area contributed by atoms with Crippen LogP contribution in [0.25, 0.3) is 0 Å². The average molecular weight is 324 g/mol. The summed E-state index contributed by atoms with van der Waals surface area (Å²) < 4.78 is 0. The van der Waals surface area contributed by atoms with Gasteiger partial charge in [-0.3, -0.25) is 4.79 Å². The lowest BCUT2D eigenvalue weighted by Crippen LogP contribution is -2.14. The van der Waals surface area contributed by atoms with Crippen LogP contribution in [0.3, 0.4) is 0 Å². The molecular formula is C15H15Cl2N3O. The molecule has 6 heteroatoms. The molecule has 0 spiro atoms. The molecule has 1 amide bonds. The molecule has 1 heterocycles. The van der Waals surface area contributed by atoms with Gasteiger partial charge in [0.25, 0.3) is 5.91 Å². The monoisotopic (exact) mass is 323 g/mol. The van der Waals surface area contributed by atoms with E-state index < -0.39 is 0 Å². The molecule has 0 aliphatic rings. The van der Waals surface area contributed by atoms with Crippen molar-refractivity contribution in [2.45, 2.75) is 6.92 Å². The number of pyridine rings is 1. The Morgan fingerprint density at radius 2 is 1.95 bits per heavy atom. The molecule has 0 saturated heterocycles. The number of carbonyl (C=O) groups excluding carboxylic acids is 1. The molecule has 0 atom stereocenters. The minimum Gasteiger partial charge on any atom is -0.377 e. The summed E-state index contributed by atoms with van der Waals surface area (Å²) in [5.41, 5.74) is 3.15. The number of benzene rings is 1. The second-order valence-electron chi connectivity index (χ2n) is 4.84. The standard InChI is InChI=1S/C15H15Cl2N3O/c1-9-4-5-10(6-13(9)20(2)3)19-15(21)11-7-14(17)18-8-12(11)16/h4-8H,1-3H3,(H,19,21). The molecule has 1 aromatic heterocycles. The highest BCUT2D eigenvalue weighted by atomic mass is 35.5. The van der Waals surface area contributed by atoms with Crippen molar-refractivity contribution in [3.05, 3.63) is 51.8 Å². The molecule has 0 fully saturated rings. The van der Waals surface area contributed by atoms with Gasteiger partial charge in [-0.2, -0.15) is 0 Å². The Morgan fingerprint density at radius 1 is 1.24 bits per heavy atom. The summed E-state index contributed by atoms with van der Waals surface area (Å²) in [5.74, 6) is -0.321. The van der Waals surface area contributed by atoms with Crippen LogP contribution in [0.4, 0.5) is 11.4 Å². The molecule has 2 aromatic rings. The minimum atomic E-state index is -0.321. The molecule has 110 valence electrons. The van der Waals surface area contributed by atoms with Gasteiger partial charge in [0.1, 0.15) is 5.15 Å². The fourth-order valence-corrected chi connectivity index (χ4v) is 2.30. The molecule has 1 aromatic carbocycles. The molecule has 0 aliphatic heterocycles. The summed E-state index contributed by atoms with van der Waals surface area (Å²) in [7, 11) is 3.90. The Kier molecular flexibility index (Phi) is 4.70. The first-order chi connectivity index (χ1) is 9.88. The predicted octanol–water partition coefficient (Wildman–Crippen LogP) is 4.02. The van der Waals surface area contributed by atoms with Gasteiger partial charge in [-0.15, -0.1) is 0 Å². The van der Waals surface area contributed by atoms with E-state index in [1.165, 1.54) is 12.3 Å². The maximum atomic E-state index is 12.3. The van der Waals surface area contributed by atoms with Crippen molar-refractivity contribution in [1.29, 1.82) is 0 Å². The summed E-state index contributed by atoms with van der Waals surface area (Å²) in [4.78, 5) is 18.1. The highest BCUT2D eigenvalue weighted by Gasteiger charge is 2.13. The second-order valence-corrected chi connectivity index (χ2v) is 5.63. The Labute approximate surface area is 133 Å². The van der Waals surface area contributed by atoms with Gasteiger partial charge in [0, 0.05) is 31.7 Å². The Hall–Kier alpha value is -1.78. The summed E-state index contributed by atoms with van der Waals surface area (Å²) in [6.07, 6.45) is 1.36. The van der Waals surface area contributed by atoms with Crippen molar-refractivity contribution in [3.8, 4) is 0 Å². The van der Waals surface area contributed by atoms with Crippen LogP contribution in [0.1, 0.15) is 15.9 Å². The topological polar surface area (TPSA) is 45.2 Å². The number of nitrogens with one attached hydrogen (secondary N) is 1. The maximum Gasteiger partial charge on any atom is 0.257 e. The first-order valence-electron chi connectivity index (χ1n) is 6.29. The third-order valence-electron chi connectivity index (χ3n) is 3.02. The third-order valence-corrected chi connectivity index (χ3v) is 3.52. The van der Waals surface area contributed by atoms with Gasteiger partial charge in [0.05, 0.1) is 10.6 Å². The SMILES string of the molecule is Cc1ccc(NC(=O)c2cc(Cl)ncc2Cl)cc1N(C)C. The van der Waals surface area contributed by atoms with Crippen LogP contribution < -0.4 is 10.2 Å². The molecule has 2 rings (SSSR count). The maximum absolute atomic E-state index is 12.3. The molecule has 21 heavy (non-hydrogen) atoms. The third kappa shape index (κ3) is 3.65. The van der Waals surface area contributed by atoms with Gasteiger partial charge in [0.2, 0.25) is 0 Å². The molecular weight excluding hydrogens is 309 g/mol. The number of rotatable bonds is 3. The van der Waals surface area contributed by atoms with Gasteiger partial charge < -0.3 is 10.2 Å². The van der Waals surface area contributed by atoms with Crippen molar-refractivity contribution in [2.75, 3.05) is 24.3 Å². The average Bonchev–Trinajstić information content (AvgIpc) is 2.43. The molecule has 0 radical (unpaired) electrons. The molecule has 0 unspecified atom stereocenters. The van der Waals surface area contributed by atoms with E-state index in [0.717, 1.165) is 11.3 Å². The van der Waals surface area contributed by atoms with E-state index in [-0.39, 0.29) is 16.1 Å². The summed E-state index contributed by atoms with van der Waals surface area (Å²) in [6.45, 7) is 2.01. The van der Waals surface area contributed by atoms with Crippen LogP contribution in [0.2, 0.25) is 10.2 Å². The van der Waals surface area contributed by atoms with E-state index in [9.17, 15) is 4.79 Å². The first-order valence-corrected chi connectivity index (χ1v) is 7.04. The highest BCUT2D eigenvalue weighted by molar-refractivity contribution is 6.35. The predicted molar refractivity (Wildman–Crippen MR) is 87.7 cm³/mol. The van der Waals surface area contributed by atoms with Crippen LogP contribution in [0, 0.1) is 6.92 Å². The zero-order valence-corrected chi connectivity index (χ0v) is 13.5. The zero-order chi connectivity index (χ0) is 15.6. The van der Waals surface area contributed by atoms with Gasteiger partial charge in [-0.05, 0) is 30.7 Å². The van der Waals surface area contributed by atoms with Crippen LogP contribution in [0.15, 0.2) is 30.5 Å². The van der Waals surface area contributed by atoms with E-state index >= 15 is 0 Å². The van der Waals surface area contributed by atoms with Gasteiger partial charge in [0.15, 0.2) is 0 Å². The first kappa shape index (κ1) is 15.6. The fourth-order valence-electron chi connectivity index (χ4n) is 1.95. The fraction of sp³-hybridized carbons (Fsp3) is 0.200. The number of anilines is 2. The van der Waals surface area contributed by atoms with Gasteiger partial charge in [-0.25, -0.2) is 4.98 Å². The van der Waals surface area contributed by atoms with Crippen molar-refractivity contribution >= 4 is 40.5 Å². The van der Waals surface area contributed by atoms with E-state index in [1.807, 2.05) is 44.1 Å². The number of nitrogens with zero attached hydrogens (tertiary/aromatic N) is 2. The smallest absolute Gasteiger partial charge is 0.257 e. The van der Waals surface area contributed by atoms with Crippen molar-refractivity contribution in [1.82, 2.24) is 4.98 Å². The molecule has 0 aliphatic carbocycles. The number of aryl methyl sites for hydroxylation is 1. The minimum absolute atomic E-state index is 0.224. The highest BCUT2D eigenvalue weighted by Crippen LogP contribution is 2.24. The summed E-state index contributed by atoms with van der Waals surface area (Å²) in [5, 5.41) is 3.30. The number of halogens is 2. The number of amides is 1. The van der Waals surface area contributed by atoms with Crippen LogP contribution in [-0.4, -0.2) is 25.0 Å². The Morgan fingerprint density at radius 3 is 2.62 bits per heavy atom. The van der Waals surface area contributed by atoms with Crippen molar-refractivity contribution in [3.63, 3.8) is 0 Å². The number of carbonyl (C=O) groups is 1. The quantitative estimate of drug-likeness (QED) is 0.868. The van der Waals surface area contributed by atoms with E-state index in [2.05, 4.69) is 10.3 Å². The van der Waals surface area contributed by atoms with Gasteiger partial charge in [-0.1, -0.05) is 29.3 Å². The largest absolute Gasteiger partial charge is 0.377 e. The number of hydrogen-bond donors (Lipinski definition) is 1. The van der Waals surface area contributed by atoms with E-state index in [4.69, 9.17) is 23.2 Å². The van der Waals surface area contributed by atoms with Crippen LogP contribution >= 0.6 is 23.2 Å². The van der Waals surface area contributed by atoms with E-state index in [0.29, 0.717) is 11.3 Å².